The van der Waals surface area contributed by atoms with Crippen molar-refractivity contribution < 1.29 is 13.9 Å². The topological polar surface area (TPSA) is 125 Å². The fourth-order valence-corrected chi connectivity index (χ4v) is 5.03. The number of ether oxygens (including phenoxy) is 1. The zero-order valence-electron chi connectivity index (χ0n) is 23.7. The van der Waals surface area contributed by atoms with Gasteiger partial charge >= 0.3 is 0 Å². The van der Waals surface area contributed by atoms with Crippen LogP contribution in [-0.2, 0) is 4.79 Å². The number of H-pyrrole nitrogens is 2. The summed E-state index contributed by atoms with van der Waals surface area (Å²) in [7, 11) is 3.92. The lowest BCUT2D eigenvalue weighted by Gasteiger charge is -2.12. The van der Waals surface area contributed by atoms with Crippen molar-refractivity contribution in [3.63, 3.8) is 0 Å². The van der Waals surface area contributed by atoms with Crippen LogP contribution in [0, 0.1) is 11.7 Å². The van der Waals surface area contributed by atoms with Crippen molar-refractivity contribution in [2.75, 3.05) is 32.6 Å². The smallest absolute Gasteiger partial charge is 0.227 e. The lowest BCUT2D eigenvalue weighted by Crippen LogP contribution is -2.19. The maximum absolute atomic E-state index is 14.6. The Morgan fingerprint density at radius 3 is 2.77 bits per heavy atom. The van der Waals surface area contributed by atoms with Crippen LogP contribution in [0.1, 0.15) is 12.8 Å². The van der Waals surface area contributed by atoms with Gasteiger partial charge in [-0.3, -0.25) is 19.9 Å². The lowest BCUT2D eigenvalue weighted by molar-refractivity contribution is -0.117. The summed E-state index contributed by atoms with van der Waals surface area (Å²) in [5.41, 5.74) is 7.01. The molecule has 11 heteroatoms. The van der Waals surface area contributed by atoms with E-state index in [1.807, 2.05) is 49.3 Å². The monoisotopic (exact) mass is 576 g/mol. The summed E-state index contributed by atoms with van der Waals surface area (Å²) in [5, 5.41) is 11.4. The molecule has 1 aliphatic carbocycles. The zero-order chi connectivity index (χ0) is 29.5. The summed E-state index contributed by atoms with van der Waals surface area (Å²) < 4.78 is 20.4. The molecule has 1 fully saturated rings. The van der Waals surface area contributed by atoms with E-state index in [4.69, 9.17) is 9.72 Å². The highest BCUT2D eigenvalue weighted by Gasteiger charge is 2.29. The third-order valence-electron chi connectivity index (χ3n) is 7.41. The second-order valence-corrected chi connectivity index (χ2v) is 11.0. The molecule has 1 aliphatic rings. The van der Waals surface area contributed by atoms with Gasteiger partial charge in [0, 0.05) is 53.0 Å². The largest absolute Gasteiger partial charge is 0.492 e. The zero-order valence-corrected chi connectivity index (χ0v) is 23.7. The van der Waals surface area contributed by atoms with E-state index in [0.717, 1.165) is 40.5 Å². The summed E-state index contributed by atoms with van der Waals surface area (Å²) in [6.07, 6.45) is 6.91. The van der Waals surface area contributed by atoms with E-state index in [1.165, 1.54) is 12.1 Å². The number of nitrogens with zero attached hydrogens (tertiary/aromatic N) is 5. The molecule has 216 valence electrons. The Labute approximate surface area is 246 Å². The van der Waals surface area contributed by atoms with Gasteiger partial charge in [0.25, 0.3) is 0 Å². The Kier molecular flexibility index (Phi) is 6.78. The fraction of sp³-hybridized carbons (Fsp3) is 0.219. The average Bonchev–Trinajstić information content (AvgIpc) is 3.62. The van der Waals surface area contributed by atoms with Gasteiger partial charge in [-0.15, -0.1) is 0 Å². The number of benzene rings is 1. The SMILES string of the molecule is CN(C)CCOc1cc(F)cc(-c2nccc3[nH]c(-c4n[nH]c5ccc(-c6cncc(NC(=O)C7CC7)c6)nc45)cc23)c1. The second-order valence-electron chi connectivity index (χ2n) is 11.0. The minimum Gasteiger partial charge on any atom is -0.492 e. The van der Waals surface area contributed by atoms with Crippen LogP contribution in [0.5, 0.6) is 5.75 Å². The first-order valence-electron chi connectivity index (χ1n) is 14.1. The van der Waals surface area contributed by atoms with Gasteiger partial charge in [0.15, 0.2) is 0 Å². The number of carbonyl (C=O) groups is 1. The number of likely N-dealkylation sites (N-methyl/N-ethyl adjacent to an activating group) is 1. The molecule has 0 atom stereocenters. The Balaban J connectivity index is 1.23. The van der Waals surface area contributed by atoms with Gasteiger partial charge in [-0.25, -0.2) is 9.37 Å². The Morgan fingerprint density at radius 1 is 1.05 bits per heavy atom. The highest BCUT2D eigenvalue weighted by Crippen LogP contribution is 2.35. The van der Waals surface area contributed by atoms with Gasteiger partial charge in [0.2, 0.25) is 5.91 Å². The number of aromatic nitrogens is 6. The third-order valence-corrected chi connectivity index (χ3v) is 7.41. The Bertz CT molecular complexity index is 1980. The number of anilines is 1. The number of rotatable bonds is 9. The molecule has 1 aromatic carbocycles. The number of nitrogens with one attached hydrogen (secondary N) is 3. The lowest BCUT2D eigenvalue weighted by atomic mass is 10.1. The van der Waals surface area contributed by atoms with Gasteiger partial charge in [-0.05, 0) is 69.4 Å². The van der Waals surface area contributed by atoms with E-state index in [1.54, 1.807) is 24.7 Å². The van der Waals surface area contributed by atoms with Crippen LogP contribution in [-0.4, -0.2) is 68.2 Å². The molecular weight excluding hydrogens is 547 g/mol. The first-order chi connectivity index (χ1) is 20.9. The van der Waals surface area contributed by atoms with Crippen molar-refractivity contribution >= 4 is 33.5 Å². The predicted molar refractivity (Wildman–Crippen MR) is 163 cm³/mol. The molecule has 43 heavy (non-hydrogen) atoms. The third kappa shape index (κ3) is 5.54. The minimum absolute atomic E-state index is 0.0264. The first-order valence-corrected chi connectivity index (χ1v) is 14.1. The molecule has 0 aliphatic heterocycles. The summed E-state index contributed by atoms with van der Waals surface area (Å²) >= 11 is 0. The molecule has 0 radical (unpaired) electrons. The number of halogens is 1. The van der Waals surface area contributed by atoms with Crippen LogP contribution >= 0.6 is 0 Å². The molecule has 0 unspecified atom stereocenters. The molecule has 3 N–H and O–H groups in total. The van der Waals surface area contributed by atoms with Gasteiger partial charge in [-0.1, -0.05) is 0 Å². The standard InChI is InChI=1S/C32H29FN8O2/c1-41(2)9-10-43-23-13-19(11-21(33)14-23)29-24-15-28(37-26(24)7-8-35-29)31-30-27(39-40-31)6-5-25(38-30)20-12-22(17-34-16-20)36-32(42)18-3-4-18/h5-8,11-18,37H,3-4,9-10H2,1-2H3,(H,36,42)(H,39,40). The summed E-state index contributed by atoms with van der Waals surface area (Å²) in [4.78, 5) is 31.5. The van der Waals surface area contributed by atoms with Gasteiger partial charge in [-0.2, -0.15) is 5.10 Å². The van der Waals surface area contributed by atoms with Crippen molar-refractivity contribution in [3.8, 4) is 39.7 Å². The molecule has 0 spiro atoms. The maximum atomic E-state index is 14.6. The highest BCUT2D eigenvalue weighted by molar-refractivity contribution is 5.99. The number of pyridine rings is 3. The highest BCUT2D eigenvalue weighted by atomic mass is 19.1. The minimum atomic E-state index is -0.396. The Hall–Kier alpha value is -5.16. The molecule has 1 amide bonds. The number of aromatic amines is 2. The molecule has 0 saturated heterocycles. The summed E-state index contributed by atoms with van der Waals surface area (Å²) in [5.74, 6) is 0.182. The van der Waals surface area contributed by atoms with Crippen LogP contribution in [0.15, 0.2) is 67.1 Å². The molecule has 5 aromatic heterocycles. The average molecular weight is 577 g/mol. The van der Waals surface area contributed by atoms with Crippen molar-refractivity contribution in [3.05, 3.63) is 72.9 Å². The Morgan fingerprint density at radius 2 is 1.93 bits per heavy atom. The molecule has 1 saturated carbocycles. The molecule has 10 nitrogen and oxygen atoms in total. The molecule has 6 aromatic rings. The maximum Gasteiger partial charge on any atom is 0.227 e. The van der Waals surface area contributed by atoms with Gasteiger partial charge < -0.3 is 19.9 Å². The van der Waals surface area contributed by atoms with E-state index in [9.17, 15) is 9.18 Å². The van der Waals surface area contributed by atoms with Crippen LogP contribution in [0.4, 0.5) is 10.1 Å². The number of carbonyl (C=O) groups excluding carboxylic acids is 1. The fourth-order valence-electron chi connectivity index (χ4n) is 5.03. The van der Waals surface area contributed by atoms with Crippen molar-refractivity contribution in [2.45, 2.75) is 12.8 Å². The molecule has 5 heterocycles. The van der Waals surface area contributed by atoms with E-state index < -0.39 is 5.82 Å². The van der Waals surface area contributed by atoms with Crippen LogP contribution in [0.25, 0.3) is 55.8 Å². The molecular formula is C32H29FN8O2. The van der Waals surface area contributed by atoms with Gasteiger partial charge in [0.05, 0.1) is 34.5 Å². The number of fused-ring (bicyclic) bond motifs is 2. The van der Waals surface area contributed by atoms with Crippen molar-refractivity contribution in [2.24, 2.45) is 5.92 Å². The van der Waals surface area contributed by atoms with Crippen LogP contribution < -0.4 is 10.1 Å². The molecule has 0 bridgehead atoms. The number of hydrogen-bond acceptors (Lipinski definition) is 7. The first kappa shape index (κ1) is 26.7. The second kappa shape index (κ2) is 10.9. The van der Waals surface area contributed by atoms with E-state index in [2.05, 4.69) is 30.5 Å². The number of amides is 1. The van der Waals surface area contributed by atoms with E-state index >= 15 is 0 Å². The quantitative estimate of drug-likeness (QED) is 0.203. The van der Waals surface area contributed by atoms with Crippen LogP contribution in [0.3, 0.4) is 0 Å². The van der Waals surface area contributed by atoms with Crippen LogP contribution in [0.2, 0.25) is 0 Å². The summed E-state index contributed by atoms with van der Waals surface area (Å²) in [6.45, 7) is 1.16. The van der Waals surface area contributed by atoms with E-state index in [-0.39, 0.29) is 11.8 Å². The van der Waals surface area contributed by atoms with Crippen molar-refractivity contribution in [1.29, 1.82) is 0 Å². The van der Waals surface area contributed by atoms with E-state index in [0.29, 0.717) is 52.8 Å². The normalized spacial score (nSPS) is 13.2. The molecule has 7 rings (SSSR count). The van der Waals surface area contributed by atoms with Gasteiger partial charge in [0.1, 0.15) is 29.4 Å². The summed E-state index contributed by atoms with van der Waals surface area (Å²) in [6, 6.07) is 14.2. The number of hydrogen-bond donors (Lipinski definition) is 3. The predicted octanol–water partition coefficient (Wildman–Crippen LogP) is 5.66. The van der Waals surface area contributed by atoms with Crippen molar-refractivity contribution in [1.82, 2.24) is 35.0 Å².